The molecule has 23 heavy (non-hydrogen) atoms. The predicted octanol–water partition coefficient (Wildman–Crippen LogP) is 0.0862. The number of ether oxygens (including phenoxy) is 2. The monoisotopic (exact) mass is 318 g/mol. The number of amides is 2. The van der Waals surface area contributed by atoms with E-state index in [1.807, 2.05) is 6.07 Å². The van der Waals surface area contributed by atoms with Gasteiger partial charge in [-0.2, -0.15) is 5.26 Å². The maximum atomic E-state index is 12.1. The Kier molecular flexibility index (Phi) is 4.11. The summed E-state index contributed by atoms with van der Waals surface area (Å²) in [4.78, 5) is 29.6. The molecule has 2 aliphatic heterocycles. The Bertz CT molecular complexity index is 650. The summed E-state index contributed by atoms with van der Waals surface area (Å²) in [5, 5.41) is 19.6. The fraction of sp³-hybridized carbons (Fsp3) is 0.400. The van der Waals surface area contributed by atoms with Gasteiger partial charge in [-0.25, -0.2) is 0 Å². The van der Waals surface area contributed by atoms with E-state index in [-0.39, 0.29) is 17.7 Å². The molecule has 3 rings (SSSR count). The first-order valence-electron chi connectivity index (χ1n) is 6.95. The number of carbonyl (C=O) groups excluding carboxylic acids is 2. The van der Waals surface area contributed by atoms with Crippen molar-refractivity contribution in [2.45, 2.75) is 18.5 Å². The van der Waals surface area contributed by atoms with Crippen LogP contribution in [0.3, 0.4) is 0 Å². The zero-order valence-electron chi connectivity index (χ0n) is 12.2. The molecule has 1 aromatic carbocycles. The number of hydrogen-bond acceptors (Lipinski definition) is 7. The van der Waals surface area contributed by atoms with Crippen LogP contribution in [0.4, 0.5) is 0 Å². The van der Waals surface area contributed by atoms with E-state index in [9.17, 15) is 14.7 Å². The third-order valence-electron chi connectivity index (χ3n) is 3.86. The number of aliphatic hydroxyl groups is 1. The van der Waals surface area contributed by atoms with E-state index in [1.54, 1.807) is 12.1 Å². The van der Waals surface area contributed by atoms with Crippen molar-refractivity contribution in [2.24, 2.45) is 5.92 Å². The Morgan fingerprint density at radius 1 is 1.30 bits per heavy atom. The molecule has 0 aliphatic carbocycles. The van der Waals surface area contributed by atoms with Gasteiger partial charge in [-0.15, -0.1) is 5.06 Å². The molecule has 2 heterocycles. The van der Waals surface area contributed by atoms with Crippen LogP contribution in [0, 0.1) is 17.2 Å². The summed E-state index contributed by atoms with van der Waals surface area (Å²) >= 11 is 0. The van der Waals surface area contributed by atoms with Crippen LogP contribution in [0.5, 0.6) is 0 Å². The van der Waals surface area contributed by atoms with Gasteiger partial charge in [0.25, 0.3) is 11.8 Å². The highest BCUT2D eigenvalue weighted by molar-refractivity contribution is 6.20. The lowest BCUT2D eigenvalue weighted by atomic mass is 10.0. The molecule has 0 aromatic heterocycles. The molecule has 0 saturated carbocycles. The smallest absolute Gasteiger partial charge is 0.285 e. The molecule has 0 bridgehead atoms. The van der Waals surface area contributed by atoms with Crippen molar-refractivity contribution in [2.75, 3.05) is 13.7 Å². The fourth-order valence-electron chi connectivity index (χ4n) is 2.66. The average Bonchev–Trinajstić information content (AvgIpc) is 3.01. The summed E-state index contributed by atoms with van der Waals surface area (Å²) in [5.41, 5.74) is 0.521. The van der Waals surface area contributed by atoms with Crippen molar-refractivity contribution < 1.29 is 29.0 Å². The number of imide groups is 1. The number of aliphatic hydroxyl groups excluding tert-OH is 1. The van der Waals surface area contributed by atoms with Crippen LogP contribution in [0.2, 0.25) is 0 Å². The number of nitriles is 1. The summed E-state index contributed by atoms with van der Waals surface area (Å²) in [6, 6.07) is 8.29. The molecule has 1 N–H and O–H groups in total. The molecule has 1 unspecified atom stereocenters. The molecular formula is C15H14N2O6. The maximum absolute atomic E-state index is 12.1. The Balaban J connectivity index is 1.69. The van der Waals surface area contributed by atoms with Crippen molar-refractivity contribution in [1.82, 2.24) is 5.06 Å². The minimum absolute atomic E-state index is 0.236. The Labute approximate surface area is 131 Å². The fourth-order valence-corrected chi connectivity index (χ4v) is 2.66. The van der Waals surface area contributed by atoms with Crippen molar-refractivity contribution in [3.05, 3.63) is 35.4 Å². The number of carbonyl (C=O) groups is 2. The second-order valence-corrected chi connectivity index (χ2v) is 5.17. The zero-order chi connectivity index (χ0) is 16.6. The number of rotatable bonds is 4. The Hall–Kier alpha value is -2.31. The molecule has 4 atom stereocenters. The highest BCUT2D eigenvalue weighted by atomic mass is 16.7. The standard InChI is InChI=1S/C15H14N2O6/c1-21-15-12(18)10(6-16)11(23-15)7-22-17-13(19)8-4-2-3-5-9(8)14(17)20/h2-5,10-12,15,18H,7H2,1H3/t10-,11?,12-,15-/m1/s1. The van der Waals surface area contributed by atoms with Crippen molar-refractivity contribution in [3.8, 4) is 6.07 Å². The molecule has 8 nitrogen and oxygen atoms in total. The minimum atomic E-state index is -1.12. The van der Waals surface area contributed by atoms with Crippen LogP contribution in [-0.2, 0) is 14.3 Å². The number of methoxy groups -OCH3 is 1. The van der Waals surface area contributed by atoms with E-state index in [4.69, 9.17) is 19.6 Å². The van der Waals surface area contributed by atoms with Crippen LogP contribution in [0.1, 0.15) is 20.7 Å². The molecule has 8 heteroatoms. The van der Waals surface area contributed by atoms with Gasteiger partial charge in [-0.3, -0.25) is 14.4 Å². The number of benzene rings is 1. The van der Waals surface area contributed by atoms with E-state index in [0.29, 0.717) is 5.06 Å². The summed E-state index contributed by atoms with van der Waals surface area (Å²) in [6.07, 6.45) is -2.89. The Morgan fingerprint density at radius 3 is 2.43 bits per heavy atom. The van der Waals surface area contributed by atoms with Gasteiger partial charge in [-0.05, 0) is 12.1 Å². The van der Waals surface area contributed by atoms with Crippen LogP contribution in [0.15, 0.2) is 24.3 Å². The van der Waals surface area contributed by atoms with Crippen molar-refractivity contribution in [1.29, 1.82) is 5.26 Å². The molecule has 2 amide bonds. The van der Waals surface area contributed by atoms with E-state index in [2.05, 4.69) is 0 Å². The van der Waals surface area contributed by atoms with Crippen LogP contribution in [-0.4, -0.2) is 54.2 Å². The number of hydrogen-bond donors (Lipinski definition) is 1. The van der Waals surface area contributed by atoms with Gasteiger partial charge in [0.2, 0.25) is 0 Å². The minimum Gasteiger partial charge on any atom is -0.386 e. The normalized spacial score (nSPS) is 29.7. The van der Waals surface area contributed by atoms with Gasteiger partial charge in [-0.1, -0.05) is 12.1 Å². The van der Waals surface area contributed by atoms with Crippen LogP contribution < -0.4 is 0 Å². The Morgan fingerprint density at radius 2 is 1.91 bits per heavy atom. The van der Waals surface area contributed by atoms with Crippen LogP contribution in [0.25, 0.3) is 0 Å². The number of hydroxylamine groups is 2. The molecule has 120 valence electrons. The van der Waals surface area contributed by atoms with Gasteiger partial charge in [0.05, 0.1) is 17.2 Å². The third-order valence-corrected chi connectivity index (χ3v) is 3.86. The zero-order valence-corrected chi connectivity index (χ0v) is 12.2. The SMILES string of the molecule is CO[C@@H]1OC(CON2C(=O)c3ccccc3C2=O)[C@@H](C#N)[C@H]1O. The summed E-state index contributed by atoms with van der Waals surface area (Å²) < 4.78 is 10.3. The summed E-state index contributed by atoms with van der Waals surface area (Å²) in [5.74, 6) is -2.02. The second kappa shape index (κ2) is 6.06. The molecular weight excluding hydrogens is 304 g/mol. The van der Waals surface area contributed by atoms with E-state index in [1.165, 1.54) is 19.2 Å². The first kappa shape index (κ1) is 15.6. The highest BCUT2D eigenvalue weighted by Gasteiger charge is 2.45. The van der Waals surface area contributed by atoms with Gasteiger partial charge < -0.3 is 14.6 Å². The lowest BCUT2D eigenvalue weighted by molar-refractivity contribution is -0.174. The maximum Gasteiger partial charge on any atom is 0.285 e. The highest BCUT2D eigenvalue weighted by Crippen LogP contribution is 2.29. The lowest BCUT2D eigenvalue weighted by Crippen LogP contribution is -2.35. The van der Waals surface area contributed by atoms with Gasteiger partial charge in [0.1, 0.15) is 24.7 Å². The molecule has 0 radical (unpaired) electrons. The lowest BCUT2D eigenvalue weighted by Gasteiger charge is -2.18. The van der Waals surface area contributed by atoms with Gasteiger partial charge in [0, 0.05) is 7.11 Å². The number of fused-ring (bicyclic) bond motifs is 1. The summed E-state index contributed by atoms with van der Waals surface area (Å²) in [6.45, 7) is -0.236. The molecule has 0 spiro atoms. The van der Waals surface area contributed by atoms with Gasteiger partial charge >= 0.3 is 0 Å². The van der Waals surface area contributed by atoms with Crippen molar-refractivity contribution in [3.63, 3.8) is 0 Å². The quantitative estimate of drug-likeness (QED) is 0.783. The predicted molar refractivity (Wildman–Crippen MR) is 73.7 cm³/mol. The van der Waals surface area contributed by atoms with Crippen LogP contribution >= 0.6 is 0 Å². The molecule has 1 aromatic rings. The largest absolute Gasteiger partial charge is 0.386 e. The first-order valence-corrected chi connectivity index (χ1v) is 6.95. The topological polar surface area (TPSA) is 109 Å². The molecule has 2 aliphatic rings. The first-order chi connectivity index (χ1) is 11.1. The summed E-state index contributed by atoms with van der Waals surface area (Å²) in [7, 11) is 1.34. The van der Waals surface area contributed by atoms with E-state index >= 15 is 0 Å². The molecule has 1 saturated heterocycles. The van der Waals surface area contributed by atoms with Gasteiger partial charge in [0.15, 0.2) is 6.29 Å². The third kappa shape index (κ3) is 2.50. The number of nitrogens with zero attached hydrogens (tertiary/aromatic N) is 2. The molecule has 1 fully saturated rings. The van der Waals surface area contributed by atoms with Crippen molar-refractivity contribution >= 4 is 11.8 Å². The van der Waals surface area contributed by atoms with E-state index in [0.717, 1.165) is 0 Å². The second-order valence-electron chi connectivity index (χ2n) is 5.17. The average molecular weight is 318 g/mol. The van der Waals surface area contributed by atoms with E-state index < -0.39 is 36.2 Å².